The van der Waals surface area contributed by atoms with Crippen LogP contribution in [-0.4, -0.2) is 37.0 Å². The summed E-state index contributed by atoms with van der Waals surface area (Å²) in [4.78, 5) is 6.83. The lowest BCUT2D eigenvalue weighted by Gasteiger charge is -2.26. The van der Waals surface area contributed by atoms with Gasteiger partial charge in [-0.25, -0.2) is 0 Å². The summed E-state index contributed by atoms with van der Waals surface area (Å²) < 4.78 is 5.58. The summed E-state index contributed by atoms with van der Waals surface area (Å²) in [5.74, 6) is 1.41. The first kappa shape index (κ1) is 18.1. The molecule has 0 aliphatic rings. The number of aliphatic imine (C=N–C) groups is 1. The summed E-state index contributed by atoms with van der Waals surface area (Å²) in [6.45, 7) is 7.53. The van der Waals surface area contributed by atoms with E-state index in [4.69, 9.17) is 10.2 Å². The van der Waals surface area contributed by atoms with Crippen molar-refractivity contribution in [3.05, 3.63) is 60.1 Å². The first-order valence-corrected chi connectivity index (χ1v) is 8.59. The molecular weight excluding hydrogens is 300 g/mol. The number of nitrogens with one attached hydrogen (secondary N) is 1. The Morgan fingerprint density at radius 2 is 1.92 bits per heavy atom. The van der Waals surface area contributed by atoms with Gasteiger partial charge in [0.25, 0.3) is 0 Å². The van der Waals surface area contributed by atoms with Gasteiger partial charge >= 0.3 is 0 Å². The van der Waals surface area contributed by atoms with Gasteiger partial charge in [-0.1, -0.05) is 44.2 Å². The largest absolute Gasteiger partial charge is 0.468 e. The zero-order valence-electron chi connectivity index (χ0n) is 14.6. The van der Waals surface area contributed by atoms with Crippen molar-refractivity contribution < 1.29 is 4.42 Å². The lowest BCUT2D eigenvalue weighted by molar-refractivity contribution is 0.198. The molecule has 0 amide bonds. The van der Waals surface area contributed by atoms with Crippen LogP contribution in [0, 0.1) is 0 Å². The Bertz CT molecular complexity index is 591. The van der Waals surface area contributed by atoms with Crippen LogP contribution in [0.3, 0.4) is 0 Å². The van der Waals surface area contributed by atoms with E-state index in [0.717, 1.165) is 31.8 Å². The van der Waals surface area contributed by atoms with Gasteiger partial charge in [-0.3, -0.25) is 9.89 Å². The van der Waals surface area contributed by atoms with Crippen molar-refractivity contribution in [3.63, 3.8) is 0 Å². The Balaban J connectivity index is 1.88. The molecule has 0 aliphatic heterocycles. The van der Waals surface area contributed by atoms with Crippen LogP contribution in [0.2, 0.25) is 0 Å². The number of furan rings is 1. The molecule has 130 valence electrons. The van der Waals surface area contributed by atoms with Crippen molar-refractivity contribution in [3.8, 4) is 0 Å². The summed E-state index contributed by atoms with van der Waals surface area (Å²) in [7, 11) is 0. The molecule has 2 aromatic rings. The van der Waals surface area contributed by atoms with E-state index >= 15 is 0 Å². The highest BCUT2D eigenvalue weighted by atomic mass is 16.3. The maximum absolute atomic E-state index is 6.01. The molecule has 0 saturated heterocycles. The number of rotatable bonds is 9. The van der Waals surface area contributed by atoms with Crippen molar-refractivity contribution in [1.82, 2.24) is 10.2 Å². The molecule has 0 fully saturated rings. The predicted molar refractivity (Wildman–Crippen MR) is 99.0 cm³/mol. The maximum Gasteiger partial charge on any atom is 0.188 e. The third-order valence-electron chi connectivity index (χ3n) is 4.12. The Morgan fingerprint density at radius 1 is 1.17 bits per heavy atom. The molecule has 1 atom stereocenters. The number of benzene rings is 1. The van der Waals surface area contributed by atoms with Gasteiger partial charge in [-0.05, 0) is 37.2 Å². The number of nitrogens with two attached hydrogens (primary N) is 1. The van der Waals surface area contributed by atoms with Crippen LogP contribution < -0.4 is 11.1 Å². The summed E-state index contributed by atoms with van der Waals surface area (Å²) in [5, 5.41) is 3.19. The summed E-state index contributed by atoms with van der Waals surface area (Å²) >= 11 is 0. The van der Waals surface area contributed by atoms with Gasteiger partial charge in [0, 0.05) is 6.54 Å². The van der Waals surface area contributed by atoms with E-state index in [1.54, 1.807) is 6.26 Å². The molecule has 0 bridgehead atoms. The van der Waals surface area contributed by atoms with Crippen molar-refractivity contribution >= 4 is 5.96 Å². The number of likely N-dealkylation sites (N-methyl/N-ethyl adjacent to an activating group) is 1. The van der Waals surface area contributed by atoms with Crippen LogP contribution in [0.1, 0.15) is 31.2 Å². The second-order valence-electron chi connectivity index (χ2n) is 5.64. The molecule has 24 heavy (non-hydrogen) atoms. The summed E-state index contributed by atoms with van der Waals surface area (Å²) in [6, 6.07) is 14.4. The predicted octanol–water partition coefficient (Wildman–Crippen LogP) is 2.81. The lowest BCUT2D eigenvalue weighted by atomic mass is 10.1. The fraction of sp³-hybridized carbons (Fsp3) is 0.421. The van der Waals surface area contributed by atoms with E-state index in [1.807, 2.05) is 30.3 Å². The van der Waals surface area contributed by atoms with Gasteiger partial charge in [0.15, 0.2) is 5.96 Å². The molecule has 0 saturated carbocycles. The van der Waals surface area contributed by atoms with E-state index in [-0.39, 0.29) is 6.04 Å². The van der Waals surface area contributed by atoms with E-state index in [1.165, 1.54) is 5.56 Å². The first-order valence-electron chi connectivity index (χ1n) is 8.59. The molecule has 1 heterocycles. The Morgan fingerprint density at radius 3 is 2.54 bits per heavy atom. The average Bonchev–Trinajstić information content (AvgIpc) is 3.14. The Labute approximate surface area is 144 Å². The standard InChI is InChI=1S/C19H28N4O/c1-3-23(4-2)17(18-11-8-14-24-18)15-22-19(20)21-13-12-16-9-6-5-7-10-16/h5-11,14,17H,3-4,12-13,15H2,1-2H3,(H3,20,21,22). The highest BCUT2D eigenvalue weighted by Crippen LogP contribution is 2.21. The minimum atomic E-state index is 0.115. The van der Waals surface area contributed by atoms with E-state index in [9.17, 15) is 0 Å². The minimum Gasteiger partial charge on any atom is -0.468 e. The smallest absolute Gasteiger partial charge is 0.188 e. The SMILES string of the molecule is CCN(CC)C(CN=C(N)NCCc1ccccc1)c1ccco1. The molecule has 2 rings (SSSR count). The van der Waals surface area contributed by atoms with E-state index in [0.29, 0.717) is 12.5 Å². The fourth-order valence-corrected chi connectivity index (χ4v) is 2.75. The third kappa shape index (κ3) is 5.42. The third-order valence-corrected chi connectivity index (χ3v) is 4.12. The molecule has 0 spiro atoms. The van der Waals surface area contributed by atoms with Crippen molar-refractivity contribution in [1.29, 1.82) is 0 Å². The van der Waals surface area contributed by atoms with Crippen molar-refractivity contribution in [2.45, 2.75) is 26.3 Å². The maximum atomic E-state index is 6.01. The Hall–Kier alpha value is -2.27. The molecule has 1 aromatic heterocycles. The Kier molecular flexibility index (Phi) is 7.36. The normalized spacial score (nSPS) is 13.2. The number of guanidine groups is 1. The molecule has 5 nitrogen and oxygen atoms in total. The van der Waals surface area contributed by atoms with Gasteiger partial charge < -0.3 is 15.5 Å². The highest BCUT2D eigenvalue weighted by molar-refractivity contribution is 5.77. The molecule has 5 heteroatoms. The second-order valence-corrected chi connectivity index (χ2v) is 5.64. The quantitative estimate of drug-likeness (QED) is 0.549. The van der Waals surface area contributed by atoms with Crippen LogP contribution in [-0.2, 0) is 6.42 Å². The summed E-state index contributed by atoms with van der Waals surface area (Å²) in [5.41, 5.74) is 7.30. The minimum absolute atomic E-state index is 0.115. The van der Waals surface area contributed by atoms with Gasteiger partial charge in [0.1, 0.15) is 5.76 Å². The summed E-state index contributed by atoms with van der Waals surface area (Å²) in [6.07, 6.45) is 2.63. The van der Waals surface area contributed by atoms with E-state index < -0.39 is 0 Å². The van der Waals surface area contributed by atoms with Crippen LogP contribution >= 0.6 is 0 Å². The first-order chi connectivity index (χ1) is 11.7. The van der Waals surface area contributed by atoms with Gasteiger partial charge in [-0.15, -0.1) is 0 Å². The fourth-order valence-electron chi connectivity index (χ4n) is 2.75. The zero-order valence-corrected chi connectivity index (χ0v) is 14.6. The van der Waals surface area contributed by atoms with Gasteiger partial charge in [0.05, 0.1) is 18.8 Å². The van der Waals surface area contributed by atoms with E-state index in [2.05, 4.69) is 41.2 Å². The van der Waals surface area contributed by atoms with Crippen molar-refractivity contribution in [2.24, 2.45) is 10.7 Å². The monoisotopic (exact) mass is 328 g/mol. The van der Waals surface area contributed by atoms with Crippen LogP contribution in [0.15, 0.2) is 58.1 Å². The van der Waals surface area contributed by atoms with Gasteiger partial charge in [-0.2, -0.15) is 0 Å². The molecule has 0 aliphatic carbocycles. The van der Waals surface area contributed by atoms with Crippen LogP contribution in [0.5, 0.6) is 0 Å². The number of hydrogen-bond donors (Lipinski definition) is 2. The topological polar surface area (TPSA) is 66.8 Å². The zero-order chi connectivity index (χ0) is 17.2. The van der Waals surface area contributed by atoms with Crippen molar-refractivity contribution in [2.75, 3.05) is 26.2 Å². The molecule has 1 aromatic carbocycles. The van der Waals surface area contributed by atoms with Crippen LogP contribution in [0.4, 0.5) is 0 Å². The molecular formula is C19H28N4O. The van der Waals surface area contributed by atoms with Crippen LogP contribution in [0.25, 0.3) is 0 Å². The molecule has 1 unspecified atom stereocenters. The average molecular weight is 328 g/mol. The second kappa shape index (κ2) is 9.78. The number of nitrogens with zero attached hydrogens (tertiary/aromatic N) is 2. The highest BCUT2D eigenvalue weighted by Gasteiger charge is 2.20. The lowest BCUT2D eigenvalue weighted by Crippen LogP contribution is -2.35. The molecule has 0 radical (unpaired) electrons. The molecule has 3 N–H and O–H groups in total. The van der Waals surface area contributed by atoms with Gasteiger partial charge in [0.2, 0.25) is 0 Å². The number of hydrogen-bond acceptors (Lipinski definition) is 3.